The number of aryl methyl sites for hydroxylation is 1. The number of hydrogen-bond acceptors (Lipinski definition) is 8. The summed E-state index contributed by atoms with van der Waals surface area (Å²) in [6.45, 7) is 7.50. The van der Waals surface area contributed by atoms with Crippen LogP contribution in [0.2, 0.25) is 0 Å². The number of rotatable bonds is 11. The first-order valence-corrected chi connectivity index (χ1v) is 17.5. The number of hydrogen-bond donors (Lipinski definition) is 3. The number of carbonyl (C=O) groups is 1. The molecule has 2 bridgehead atoms. The van der Waals surface area contributed by atoms with Crippen molar-refractivity contribution in [2.45, 2.75) is 95.7 Å². The van der Waals surface area contributed by atoms with Gasteiger partial charge in [-0.25, -0.2) is 9.97 Å². The zero-order valence-electron chi connectivity index (χ0n) is 27.5. The Hall–Kier alpha value is -3.73. The lowest BCUT2D eigenvalue weighted by molar-refractivity contribution is -0.172. The van der Waals surface area contributed by atoms with Gasteiger partial charge in [-0.3, -0.25) is 9.69 Å². The number of anilines is 1. The number of benzene rings is 1. The van der Waals surface area contributed by atoms with Gasteiger partial charge in [0.1, 0.15) is 28.7 Å². The number of nitrogens with zero attached hydrogens (tertiary/aromatic N) is 5. The van der Waals surface area contributed by atoms with Crippen molar-refractivity contribution in [1.82, 2.24) is 30.1 Å². The summed E-state index contributed by atoms with van der Waals surface area (Å²) >= 11 is 1.07. The van der Waals surface area contributed by atoms with E-state index in [0.717, 1.165) is 86.9 Å². The number of nitriles is 1. The van der Waals surface area contributed by atoms with Crippen LogP contribution >= 0.6 is 11.3 Å². The highest BCUT2D eigenvalue weighted by molar-refractivity contribution is 7.18. The Morgan fingerprint density at radius 3 is 2.58 bits per heavy atom. The van der Waals surface area contributed by atoms with E-state index >= 15 is 0 Å². The summed E-state index contributed by atoms with van der Waals surface area (Å²) < 4.78 is 41.0. The van der Waals surface area contributed by atoms with Crippen LogP contribution in [0.3, 0.4) is 0 Å². The summed E-state index contributed by atoms with van der Waals surface area (Å²) in [6, 6.07) is 10.4. The number of nitrogens with one attached hydrogen (secondary N) is 3. The molecule has 8 rings (SSSR count). The smallest absolute Gasteiger partial charge is 0.367 e. The fourth-order valence-electron chi connectivity index (χ4n) is 8.43. The molecule has 1 aromatic carbocycles. The van der Waals surface area contributed by atoms with Crippen LogP contribution in [0, 0.1) is 23.7 Å². The molecule has 1 amide bonds. The molecule has 13 heteroatoms. The Kier molecular flexibility index (Phi) is 8.41. The largest absolute Gasteiger partial charge is 0.393 e. The third kappa shape index (κ3) is 6.14. The van der Waals surface area contributed by atoms with Crippen molar-refractivity contribution in [1.29, 1.82) is 5.26 Å². The van der Waals surface area contributed by atoms with Crippen molar-refractivity contribution >= 4 is 44.2 Å². The van der Waals surface area contributed by atoms with Crippen LogP contribution in [0.4, 0.5) is 19.0 Å². The second kappa shape index (κ2) is 12.3. The van der Waals surface area contributed by atoms with Gasteiger partial charge in [-0.15, -0.1) is 11.3 Å². The number of likely N-dealkylation sites (tertiary alicyclic amines) is 1. The Morgan fingerprint density at radius 1 is 1.17 bits per heavy atom. The van der Waals surface area contributed by atoms with Gasteiger partial charge in [-0.1, -0.05) is 13.0 Å². The molecular formula is C35H41F3N8OS. The third-order valence-electron chi connectivity index (χ3n) is 10.8. The van der Waals surface area contributed by atoms with Crippen LogP contribution in [-0.2, 0) is 24.3 Å². The Bertz CT molecular complexity index is 1880. The van der Waals surface area contributed by atoms with E-state index in [2.05, 4.69) is 60.5 Å². The summed E-state index contributed by atoms with van der Waals surface area (Å²) in [4.78, 5) is 24.4. The van der Waals surface area contributed by atoms with E-state index in [0.29, 0.717) is 21.7 Å². The second-order valence-corrected chi connectivity index (χ2v) is 15.3. The summed E-state index contributed by atoms with van der Waals surface area (Å²) in [5.41, 5.74) is 4.24. The predicted octanol–water partition coefficient (Wildman–Crippen LogP) is 6.04. The minimum Gasteiger partial charge on any atom is -0.367 e. The first-order valence-electron chi connectivity index (χ1n) is 16.7. The molecule has 1 aliphatic heterocycles. The van der Waals surface area contributed by atoms with Crippen LogP contribution in [0.25, 0.3) is 21.1 Å². The first kappa shape index (κ1) is 32.8. The highest BCUT2D eigenvalue weighted by Crippen LogP contribution is 2.68. The van der Waals surface area contributed by atoms with Crippen LogP contribution in [0.15, 0.2) is 30.6 Å². The molecule has 3 saturated carbocycles. The normalized spacial score (nSPS) is 23.4. The Balaban J connectivity index is 0.973. The van der Waals surface area contributed by atoms with Gasteiger partial charge in [-0.2, -0.15) is 18.4 Å². The molecule has 48 heavy (non-hydrogen) atoms. The Labute approximate surface area is 281 Å². The van der Waals surface area contributed by atoms with Crippen LogP contribution < -0.4 is 16.0 Å². The van der Waals surface area contributed by atoms with Gasteiger partial charge in [0.05, 0.1) is 17.8 Å². The van der Waals surface area contributed by atoms with Gasteiger partial charge in [-0.05, 0) is 87.2 Å². The van der Waals surface area contributed by atoms with Crippen LogP contribution in [-0.4, -0.2) is 69.3 Å². The topological polar surface area (TPSA) is 111 Å². The quantitative estimate of drug-likeness (QED) is 0.177. The SMILES string of the molecule is CC[C@@H](NC)C(=O)NC12CC(Cn3c(C#N)cc4c(C)c(CN5CCC(Nc6ncnc7sc(CC(F)(F)F)cc67)CC5)ccc43)(C1)C2. The highest BCUT2D eigenvalue weighted by atomic mass is 32.1. The number of alkyl halides is 3. The first-order chi connectivity index (χ1) is 22.9. The number of fused-ring (bicyclic) bond motifs is 2. The summed E-state index contributed by atoms with van der Waals surface area (Å²) in [7, 11) is 1.82. The maximum absolute atomic E-state index is 13.0. The number of amides is 1. The maximum atomic E-state index is 13.0. The maximum Gasteiger partial charge on any atom is 0.393 e. The van der Waals surface area contributed by atoms with E-state index in [1.807, 2.05) is 20.0 Å². The number of piperidine rings is 1. The van der Waals surface area contributed by atoms with Gasteiger partial charge >= 0.3 is 6.18 Å². The molecule has 3 aromatic heterocycles. The standard InChI is InChI=1S/C35H41F3N8OS/c1-4-28(40-3)31(47)44-34-16-33(17-34,18-34)19-46-24(14-39)11-26-21(2)22(5-6-29(26)46)15-45-9-7-23(8-10-45)43-30-27-12-25(13-35(36,37)38)48-32(27)42-20-41-30/h5-6,11-12,20,23,28,40H,4,7-10,13,15-19H2,1-3H3,(H,44,47)(H,41,42,43)/t28-,33?,34?/m1/s1. The molecule has 1 saturated heterocycles. The molecule has 0 radical (unpaired) electrons. The molecule has 4 fully saturated rings. The van der Waals surface area contributed by atoms with Crippen molar-refractivity contribution in [3.8, 4) is 6.07 Å². The summed E-state index contributed by atoms with van der Waals surface area (Å²) in [5.74, 6) is 0.674. The zero-order valence-corrected chi connectivity index (χ0v) is 28.3. The van der Waals surface area contributed by atoms with Crippen molar-refractivity contribution in [3.63, 3.8) is 0 Å². The second-order valence-electron chi connectivity index (χ2n) is 14.2. The molecule has 9 nitrogen and oxygen atoms in total. The fraction of sp³-hybridized carbons (Fsp3) is 0.543. The van der Waals surface area contributed by atoms with Crippen molar-refractivity contribution in [2.75, 3.05) is 25.5 Å². The number of aromatic nitrogens is 3. The summed E-state index contributed by atoms with van der Waals surface area (Å²) in [5, 5.41) is 21.7. The molecule has 3 aliphatic carbocycles. The number of carbonyl (C=O) groups excluding carboxylic acids is 1. The van der Waals surface area contributed by atoms with E-state index < -0.39 is 12.6 Å². The van der Waals surface area contributed by atoms with E-state index in [-0.39, 0.29) is 33.8 Å². The molecule has 3 N–H and O–H groups in total. The monoisotopic (exact) mass is 678 g/mol. The molecule has 1 atom stereocenters. The molecular weight excluding hydrogens is 638 g/mol. The van der Waals surface area contributed by atoms with Gasteiger partial charge in [0.15, 0.2) is 0 Å². The average Bonchev–Trinajstić information content (AvgIpc) is 3.58. The highest BCUT2D eigenvalue weighted by Gasteiger charge is 2.68. The van der Waals surface area contributed by atoms with E-state index in [1.165, 1.54) is 17.5 Å². The lowest BCUT2D eigenvalue weighted by Gasteiger charge is -2.71. The Morgan fingerprint density at radius 2 is 1.92 bits per heavy atom. The van der Waals surface area contributed by atoms with Crippen LogP contribution in [0.5, 0.6) is 0 Å². The fourth-order valence-corrected chi connectivity index (χ4v) is 9.46. The van der Waals surface area contributed by atoms with Crippen molar-refractivity contribution < 1.29 is 18.0 Å². The van der Waals surface area contributed by atoms with Gasteiger partial charge in [0.25, 0.3) is 0 Å². The molecule has 254 valence electrons. The predicted molar refractivity (Wildman–Crippen MR) is 181 cm³/mol. The molecule has 4 aromatic rings. The van der Waals surface area contributed by atoms with Gasteiger partial charge in [0, 0.05) is 53.5 Å². The zero-order chi connectivity index (χ0) is 33.8. The van der Waals surface area contributed by atoms with E-state index in [9.17, 15) is 23.2 Å². The van der Waals surface area contributed by atoms with Crippen LogP contribution in [0.1, 0.15) is 67.1 Å². The average molecular weight is 679 g/mol. The molecule has 4 heterocycles. The van der Waals surface area contributed by atoms with Gasteiger partial charge in [0.2, 0.25) is 5.91 Å². The molecule has 0 unspecified atom stereocenters. The lowest BCUT2D eigenvalue weighted by atomic mass is 9.39. The van der Waals surface area contributed by atoms with E-state index in [4.69, 9.17) is 0 Å². The minimum absolute atomic E-state index is 0.0769. The minimum atomic E-state index is -4.26. The number of halogens is 3. The number of thiophene rings is 1. The number of likely N-dealkylation sites (N-methyl/N-ethyl adjacent to an activating group) is 1. The lowest BCUT2D eigenvalue weighted by Crippen LogP contribution is -2.76. The van der Waals surface area contributed by atoms with E-state index in [1.54, 1.807) is 6.07 Å². The van der Waals surface area contributed by atoms with Crippen molar-refractivity contribution in [3.05, 3.63) is 52.3 Å². The summed E-state index contributed by atoms with van der Waals surface area (Å²) in [6.07, 6.45) is 1.58. The molecule has 4 aliphatic rings. The van der Waals surface area contributed by atoms with Crippen molar-refractivity contribution in [2.24, 2.45) is 5.41 Å². The molecule has 0 spiro atoms. The third-order valence-corrected chi connectivity index (χ3v) is 11.8. The van der Waals surface area contributed by atoms with Gasteiger partial charge < -0.3 is 20.5 Å².